The molecule has 0 bridgehead atoms. The SMILES string of the molecule is CCCNCC(C)CN1CCc2ccccc2C1. The molecule has 1 heterocycles. The summed E-state index contributed by atoms with van der Waals surface area (Å²) in [6.45, 7) is 10.4. The molecule has 0 saturated carbocycles. The van der Waals surface area contributed by atoms with Crippen LogP contribution in [0.15, 0.2) is 24.3 Å². The minimum absolute atomic E-state index is 0.738. The monoisotopic (exact) mass is 246 g/mol. The van der Waals surface area contributed by atoms with Crippen molar-refractivity contribution in [3.05, 3.63) is 35.4 Å². The highest BCUT2D eigenvalue weighted by atomic mass is 15.1. The number of nitrogens with one attached hydrogen (secondary N) is 1. The van der Waals surface area contributed by atoms with Crippen molar-refractivity contribution in [2.45, 2.75) is 33.2 Å². The lowest BCUT2D eigenvalue weighted by Crippen LogP contribution is -2.37. The lowest BCUT2D eigenvalue weighted by atomic mass is 9.99. The second-order valence-corrected chi connectivity index (χ2v) is 5.56. The molecule has 1 unspecified atom stereocenters. The fourth-order valence-electron chi connectivity index (χ4n) is 2.74. The standard InChI is InChI=1S/C16H26N2/c1-3-9-17-11-14(2)12-18-10-8-15-6-4-5-7-16(15)13-18/h4-7,14,17H,3,8-13H2,1-2H3. The molecule has 1 aliphatic heterocycles. The molecule has 2 heteroatoms. The summed E-state index contributed by atoms with van der Waals surface area (Å²) in [6.07, 6.45) is 2.44. The molecular weight excluding hydrogens is 220 g/mol. The number of benzene rings is 1. The van der Waals surface area contributed by atoms with Gasteiger partial charge < -0.3 is 5.32 Å². The highest BCUT2D eigenvalue weighted by Gasteiger charge is 2.17. The lowest BCUT2D eigenvalue weighted by molar-refractivity contribution is 0.218. The van der Waals surface area contributed by atoms with Gasteiger partial charge in [-0.2, -0.15) is 0 Å². The Bertz CT molecular complexity index is 362. The van der Waals surface area contributed by atoms with E-state index in [1.807, 2.05) is 0 Å². The van der Waals surface area contributed by atoms with E-state index in [1.54, 1.807) is 5.56 Å². The van der Waals surface area contributed by atoms with Crippen molar-refractivity contribution in [1.29, 1.82) is 0 Å². The summed E-state index contributed by atoms with van der Waals surface area (Å²) in [5.41, 5.74) is 3.07. The van der Waals surface area contributed by atoms with Crippen molar-refractivity contribution < 1.29 is 0 Å². The highest BCUT2D eigenvalue weighted by molar-refractivity contribution is 5.28. The van der Waals surface area contributed by atoms with Gasteiger partial charge in [0.1, 0.15) is 0 Å². The minimum atomic E-state index is 0.738. The Balaban J connectivity index is 1.79. The van der Waals surface area contributed by atoms with Crippen LogP contribution in [0.2, 0.25) is 0 Å². The smallest absolute Gasteiger partial charge is 0.0236 e. The predicted octanol–water partition coefficient (Wildman–Crippen LogP) is 2.68. The van der Waals surface area contributed by atoms with Crippen molar-refractivity contribution in [1.82, 2.24) is 10.2 Å². The summed E-state index contributed by atoms with van der Waals surface area (Å²) in [6, 6.07) is 8.88. The van der Waals surface area contributed by atoms with Gasteiger partial charge in [-0.3, -0.25) is 4.90 Å². The molecule has 1 N–H and O–H groups in total. The molecule has 2 nitrogen and oxygen atoms in total. The van der Waals surface area contributed by atoms with Gasteiger partial charge in [0.15, 0.2) is 0 Å². The molecular formula is C16H26N2. The third-order valence-electron chi connectivity index (χ3n) is 3.70. The van der Waals surface area contributed by atoms with E-state index in [2.05, 4.69) is 48.3 Å². The second kappa shape index (κ2) is 6.91. The number of hydrogen-bond donors (Lipinski definition) is 1. The van der Waals surface area contributed by atoms with Crippen molar-refractivity contribution in [3.63, 3.8) is 0 Å². The average Bonchev–Trinajstić information content (AvgIpc) is 2.39. The number of nitrogens with zero attached hydrogens (tertiary/aromatic N) is 1. The van der Waals surface area contributed by atoms with Gasteiger partial charge >= 0.3 is 0 Å². The van der Waals surface area contributed by atoms with Crippen LogP contribution in [-0.2, 0) is 13.0 Å². The maximum Gasteiger partial charge on any atom is 0.0236 e. The zero-order valence-corrected chi connectivity index (χ0v) is 11.8. The molecule has 0 spiro atoms. The summed E-state index contributed by atoms with van der Waals surface area (Å²) in [4.78, 5) is 2.60. The molecule has 0 aromatic heterocycles. The highest BCUT2D eigenvalue weighted by Crippen LogP contribution is 2.19. The molecule has 2 rings (SSSR count). The van der Waals surface area contributed by atoms with Gasteiger partial charge in [0.2, 0.25) is 0 Å². The predicted molar refractivity (Wildman–Crippen MR) is 77.7 cm³/mol. The van der Waals surface area contributed by atoms with E-state index >= 15 is 0 Å². The number of hydrogen-bond acceptors (Lipinski definition) is 2. The van der Waals surface area contributed by atoms with E-state index in [1.165, 1.54) is 31.5 Å². The average molecular weight is 246 g/mol. The van der Waals surface area contributed by atoms with Gasteiger partial charge in [-0.1, -0.05) is 38.1 Å². The van der Waals surface area contributed by atoms with Gasteiger partial charge in [-0.15, -0.1) is 0 Å². The third kappa shape index (κ3) is 3.82. The Morgan fingerprint density at radius 3 is 2.83 bits per heavy atom. The van der Waals surface area contributed by atoms with Crippen LogP contribution in [0.1, 0.15) is 31.4 Å². The van der Waals surface area contributed by atoms with Gasteiger partial charge in [-0.05, 0) is 43.0 Å². The summed E-state index contributed by atoms with van der Waals surface area (Å²) >= 11 is 0. The Kier molecular flexibility index (Phi) is 5.21. The molecule has 1 aromatic carbocycles. The first-order valence-corrected chi connectivity index (χ1v) is 7.29. The summed E-state index contributed by atoms with van der Waals surface area (Å²) in [7, 11) is 0. The van der Waals surface area contributed by atoms with E-state index in [-0.39, 0.29) is 0 Å². The van der Waals surface area contributed by atoms with Gasteiger partial charge in [0, 0.05) is 19.6 Å². The second-order valence-electron chi connectivity index (χ2n) is 5.56. The van der Waals surface area contributed by atoms with Crippen LogP contribution in [0.25, 0.3) is 0 Å². The number of rotatable bonds is 6. The van der Waals surface area contributed by atoms with Crippen LogP contribution < -0.4 is 5.32 Å². The van der Waals surface area contributed by atoms with Crippen LogP contribution in [-0.4, -0.2) is 31.1 Å². The molecule has 0 fully saturated rings. The summed E-state index contributed by atoms with van der Waals surface area (Å²) < 4.78 is 0. The zero-order valence-electron chi connectivity index (χ0n) is 11.8. The van der Waals surface area contributed by atoms with Crippen LogP contribution in [0.4, 0.5) is 0 Å². The molecule has 100 valence electrons. The van der Waals surface area contributed by atoms with Gasteiger partial charge in [0.05, 0.1) is 0 Å². The van der Waals surface area contributed by atoms with Crippen LogP contribution >= 0.6 is 0 Å². The summed E-state index contributed by atoms with van der Waals surface area (Å²) in [5, 5.41) is 3.52. The fraction of sp³-hybridized carbons (Fsp3) is 0.625. The number of fused-ring (bicyclic) bond motifs is 1. The van der Waals surface area contributed by atoms with Crippen LogP contribution in [0, 0.1) is 5.92 Å². The first-order valence-electron chi connectivity index (χ1n) is 7.29. The van der Waals surface area contributed by atoms with E-state index < -0.39 is 0 Å². The van der Waals surface area contributed by atoms with Crippen molar-refractivity contribution >= 4 is 0 Å². The van der Waals surface area contributed by atoms with Crippen molar-refractivity contribution in [3.8, 4) is 0 Å². The maximum atomic E-state index is 3.52. The normalized spacial score (nSPS) is 17.4. The van der Waals surface area contributed by atoms with E-state index in [0.717, 1.165) is 25.6 Å². The van der Waals surface area contributed by atoms with Crippen LogP contribution in [0.5, 0.6) is 0 Å². The van der Waals surface area contributed by atoms with E-state index in [4.69, 9.17) is 0 Å². The molecule has 1 atom stereocenters. The van der Waals surface area contributed by atoms with Crippen molar-refractivity contribution in [2.24, 2.45) is 5.92 Å². The Morgan fingerprint density at radius 2 is 2.06 bits per heavy atom. The first kappa shape index (κ1) is 13.6. The van der Waals surface area contributed by atoms with E-state index in [0.29, 0.717) is 0 Å². The Morgan fingerprint density at radius 1 is 1.28 bits per heavy atom. The van der Waals surface area contributed by atoms with Crippen LogP contribution in [0.3, 0.4) is 0 Å². The largest absolute Gasteiger partial charge is 0.316 e. The third-order valence-corrected chi connectivity index (χ3v) is 3.70. The zero-order chi connectivity index (χ0) is 12.8. The molecule has 0 aliphatic carbocycles. The first-order chi connectivity index (χ1) is 8.79. The molecule has 0 saturated heterocycles. The Hall–Kier alpha value is -0.860. The molecule has 1 aliphatic rings. The molecule has 0 amide bonds. The molecule has 18 heavy (non-hydrogen) atoms. The Labute approximate surface area is 111 Å². The quantitative estimate of drug-likeness (QED) is 0.776. The van der Waals surface area contributed by atoms with Gasteiger partial charge in [0.25, 0.3) is 0 Å². The fourth-order valence-corrected chi connectivity index (χ4v) is 2.74. The van der Waals surface area contributed by atoms with Gasteiger partial charge in [-0.25, -0.2) is 0 Å². The summed E-state index contributed by atoms with van der Waals surface area (Å²) in [5.74, 6) is 0.738. The topological polar surface area (TPSA) is 15.3 Å². The lowest BCUT2D eigenvalue weighted by Gasteiger charge is -2.30. The van der Waals surface area contributed by atoms with Crippen molar-refractivity contribution in [2.75, 3.05) is 26.2 Å². The minimum Gasteiger partial charge on any atom is -0.316 e. The maximum absolute atomic E-state index is 3.52. The molecule has 0 radical (unpaired) electrons. The molecule has 1 aromatic rings. The van der Waals surface area contributed by atoms with E-state index in [9.17, 15) is 0 Å².